The van der Waals surface area contributed by atoms with E-state index >= 15 is 0 Å². The molecule has 0 radical (unpaired) electrons. The van der Waals surface area contributed by atoms with Gasteiger partial charge in [0.25, 0.3) is 0 Å². The Morgan fingerprint density at radius 1 is 0.722 bits per heavy atom. The zero-order valence-electron chi connectivity index (χ0n) is 31.5. The van der Waals surface area contributed by atoms with Crippen LogP contribution in [-0.4, -0.2) is 79.9 Å². The molecular formula is C46H53N5O3. The molecule has 8 heteroatoms. The highest BCUT2D eigenvalue weighted by Crippen LogP contribution is 2.46. The molecule has 3 atom stereocenters. The number of amides is 3. The minimum Gasteiger partial charge on any atom is -0.372 e. The lowest BCUT2D eigenvalue weighted by molar-refractivity contribution is -0.141. The molecule has 54 heavy (non-hydrogen) atoms. The zero-order valence-corrected chi connectivity index (χ0v) is 31.5. The van der Waals surface area contributed by atoms with Crippen molar-refractivity contribution in [3.63, 3.8) is 0 Å². The summed E-state index contributed by atoms with van der Waals surface area (Å²) in [5.74, 6) is 0.922. The van der Waals surface area contributed by atoms with Gasteiger partial charge < -0.3 is 14.7 Å². The van der Waals surface area contributed by atoms with Gasteiger partial charge in [-0.2, -0.15) is 0 Å². The molecule has 1 N–H and O–H groups in total. The fourth-order valence-corrected chi connectivity index (χ4v) is 9.49. The van der Waals surface area contributed by atoms with E-state index in [0.717, 1.165) is 75.5 Å². The Labute approximate surface area is 320 Å². The number of anilines is 2. The van der Waals surface area contributed by atoms with Gasteiger partial charge in [0, 0.05) is 76.1 Å². The minimum atomic E-state index is -0.613. The summed E-state index contributed by atoms with van der Waals surface area (Å²) in [6, 6.07) is 35.6. The van der Waals surface area contributed by atoms with Gasteiger partial charge in [0.05, 0.1) is 0 Å². The Balaban J connectivity index is 0.836. The van der Waals surface area contributed by atoms with E-state index in [-0.39, 0.29) is 18.2 Å². The highest BCUT2D eigenvalue weighted by molar-refractivity contribution is 6.00. The Morgan fingerprint density at radius 3 is 2.17 bits per heavy atom. The first-order chi connectivity index (χ1) is 26.4. The molecule has 4 aromatic carbocycles. The summed E-state index contributed by atoms with van der Waals surface area (Å²) in [5.41, 5.74) is 10.5. The van der Waals surface area contributed by atoms with E-state index in [4.69, 9.17) is 0 Å². The van der Waals surface area contributed by atoms with E-state index in [9.17, 15) is 14.4 Å². The summed E-state index contributed by atoms with van der Waals surface area (Å²) in [4.78, 5) is 45.3. The molecule has 3 saturated heterocycles. The summed E-state index contributed by atoms with van der Waals surface area (Å²) < 4.78 is 0. The number of piperidine rings is 2. The van der Waals surface area contributed by atoms with E-state index in [1.54, 1.807) is 0 Å². The third kappa shape index (κ3) is 7.81. The lowest BCUT2D eigenvalue weighted by Gasteiger charge is -2.40. The topological polar surface area (TPSA) is 76.2 Å². The molecule has 0 saturated carbocycles. The second-order valence-corrected chi connectivity index (χ2v) is 15.9. The molecule has 8 nitrogen and oxygen atoms in total. The molecule has 3 aliphatic heterocycles. The van der Waals surface area contributed by atoms with Crippen molar-refractivity contribution in [1.29, 1.82) is 0 Å². The Kier molecular flexibility index (Phi) is 10.8. The fourth-order valence-electron chi connectivity index (χ4n) is 9.49. The van der Waals surface area contributed by atoms with Crippen LogP contribution < -0.4 is 15.1 Å². The maximum absolute atomic E-state index is 12.4. The first-order valence-corrected chi connectivity index (χ1v) is 20.0. The monoisotopic (exact) mass is 723 g/mol. The van der Waals surface area contributed by atoms with E-state index in [1.165, 1.54) is 52.1 Å². The number of hydrogen-bond donors (Lipinski definition) is 1. The van der Waals surface area contributed by atoms with Gasteiger partial charge in [-0.05, 0) is 109 Å². The quantitative estimate of drug-likeness (QED) is 0.146. The molecule has 1 aliphatic carbocycles. The SMILES string of the molecule is Cc1ccc(N2CCN(CC3CCN(c4ccc(C5c6ccccc6CCC5c5ccccc5)cc4)CC3)CC2)cc1CN(C=O)C1CCC(=O)NC1=O. The first kappa shape index (κ1) is 36.0. The molecular weight excluding hydrogens is 671 g/mol. The summed E-state index contributed by atoms with van der Waals surface area (Å²) in [6.07, 6.45) is 6.11. The average molecular weight is 724 g/mol. The number of nitrogens with zero attached hydrogens (tertiary/aromatic N) is 4. The molecule has 8 rings (SSSR count). The van der Waals surface area contributed by atoms with Crippen molar-refractivity contribution in [3.05, 3.63) is 130 Å². The van der Waals surface area contributed by atoms with Crippen LogP contribution in [0.3, 0.4) is 0 Å². The average Bonchev–Trinajstić information content (AvgIpc) is 3.21. The van der Waals surface area contributed by atoms with Crippen LogP contribution in [0.15, 0.2) is 97.1 Å². The molecule has 4 aliphatic rings. The molecule has 3 fully saturated rings. The van der Waals surface area contributed by atoms with Gasteiger partial charge in [-0.15, -0.1) is 0 Å². The lowest BCUT2D eigenvalue weighted by atomic mass is 9.69. The number of benzene rings is 4. The summed E-state index contributed by atoms with van der Waals surface area (Å²) in [5, 5.41) is 2.38. The molecule has 3 heterocycles. The van der Waals surface area contributed by atoms with Crippen LogP contribution in [-0.2, 0) is 27.3 Å². The second-order valence-electron chi connectivity index (χ2n) is 15.9. The number of piperazine rings is 1. The zero-order chi connectivity index (χ0) is 37.0. The molecule has 0 aromatic heterocycles. The maximum Gasteiger partial charge on any atom is 0.249 e. The van der Waals surface area contributed by atoms with E-state index in [0.29, 0.717) is 30.7 Å². The minimum absolute atomic E-state index is 0.254. The Morgan fingerprint density at radius 2 is 1.43 bits per heavy atom. The smallest absolute Gasteiger partial charge is 0.249 e. The number of imide groups is 1. The normalized spacial score (nSPS) is 22.4. The van der Waals surface area contributed by atoms with E-state index < -0.39 is 6.04 Å². The third-order valence-electron chi connectivity index (χ3n) is 12.7. The number of fused-ring (bicyclic) bond motifs is 1. The number of hydrogen-bond acceptors (Lipinski definition) is 6. The van der Waals surface area contributed by atoms with Gasteiger partial charge in [-0.3, -0.25) is 24.6 Å². The molecule has 4 aromatic rings. The number of carbonyl (C=O) groups is 3. The highest BCUT2D eigenvalue weighted by Gasteiger charge is 2.33. The van der Waals surface area contributed by atoms with Gasteiger partial charge in [-0.1, -0.05) is 72.8 Å². The van der Waals surface area contributed by atoms with Crippen molar-refractivity contribution in [1.82, 2.24) is 15.1 Å². The van der Waals surface area contributed by atoms with Crippen molar-refractivity contribution in [2.24, 2.45) is 5.92 Å². The molecule has 0 spiro atoms. The second kappa shape index (κ2) is 16.2. The van der Waals surface area contributed by atoms with Crippen LogP contribution in [0, 0.1) is 12.8 Å². The van der Waals surface area contributed by atoms with Gasteiger partial charge in [-0.25, -0.2) is 0 Å². The Bertz CT molecular complexity index is 1930. The highest BCUT2D eigenvalue weighted by atomic mass is 16.2. The van der Waals surface area contributed by atoms with Crippen LogP contribution in [0.2, 0.25) is 0 Å². The van der Waals surface area contributed by atoms with E-state index in [1.807, 2.05) is 6.92 Å². The molecule has 0 bridgehead atoms. The Hall–Kier alpha value is -4.95. The van der Waals surface area contributed by atoms with Crippen molar-refractivity contribution in [2.45, 2.75) is 69.9 Å². The van der Waals surface area contributed by atoms with Crippen LogP contribution in [0.4, 0.5) is 11.4 Å². The van der Waals surface area contributed by atoms with Crippen molar-refractivity contribution >= 4 is 29.6 Å². The molecule has 3 unspecified atom stereocenters. The number of nitrogens with one attached hydrogen (secondary N) is 1. The van der Waals surface area contributed by atoms with Gasteiger partial charge in [0.2, 0.25) is 18.2 Å². The largest absolute Gasteiger partial charge is 0.372 e. The van der Waals surface area contributed by atoms with Gasteiger partial charge in [0.15, 0.2) is 0 Å². The van der Waals surface area contributed by atoms with Crippen molar-refractivity contribution in [3.8, 4) is 0 Å². The standard InChI is InChI=1S/C46H53N5O3/c1-33-11-15-40(29-38(33)31-51(32-52)43-19-20-44(53)47-46(43)54)50-27-25-48(26-28-50)30-34-21-23-49(24-22-34)39-16-12-37(13-17-39)45-41-10-6-5-9-36(41)14-18-42(45)35-7-3-2-4-8-35/h2-13,15-17,29,32,34,42-43,45H,14,18-28,30-31H2,1H3,(H,47,53,54). The van der Waals surface area contributed by atoms with Gasteiger partial charge in [0.1, 0.15) is 6.04 Å². The van der Waals surface area contributed by atoms with Crippen LogP contribution in [0.1, 0.15) is 77.3 Å². The maximum atomic E-state index is 12.4. The van der Waals surface area contributed by atoms with Crippen molar-refractivity contribution in [2.75, 3.05) is 55.6 Å². The summed E-state index contributed by atoms with van der Waals surface area (Å²) in [7, 11) is 0. The first-order valence-electron chi connectivity index (χ1n) is 20.0. The number of rotatable bonds is 10. The predicted molar refractivity (Wildman–Crippen MR) is 215 cm³/mol. The number of carbonyl (C=O) groups excluding carboxylic acids is 3. The molecule has 3 amide bonds. The predicted octanol–water partition coefficient (Wildman–Crippen LogP) is 6.66. The summed E-state index contributed by atoms with van der Waals surface area (Å²) >= 11 is 0. The van der Waals surface area contributed by atoms with Crippen molar-refractivity contribution < 1.29 is 14.4 Å². The van der Waals surface area contributed by atoms with Crippen LogP contribution in [0.25, 0.3) is 0 Å². The fraction of sp³-hybridized carbons (Fsp3) is 0.413. The van der Waals surface area contributed by atoms with Crippen LogP contribution in [0.5, 0.6) is 0 Å². The van der Waals surface area contributed by atoms with Crippen LogP contribution >= 0.6 is 0 Å². The van der Waals surface area contributed by atoms with E-state index in [2.05, 4.69) is 117 Å². The van der Waals surface area contributed by atoms with Gasteiger partial charge >= 0.3 is 0 Å². The summed E-state index contributed by atoms with van der Waals surface area (Å²) in [6.45, 7) is 9.76. The molecule has 280 valence electrons. The number of aryl methyl sites for hydroxylation is 2. The third-order valence-corrected chi connectivity index (χ3v) is 12.7. The lowest BCUT2D eigenvalue weighted by Crippen LogP contribution is -2.51.